The first kappa shape index (κ1) is 23.4. The van der Waals surface area contributed by atoms with Gasteiger partial charge in [-0.2, -0.15) is 0 Å². The number of nitrogens with zero attached hydrogens (tertiary/aromatic N) is 4. The number of carbonyl (C=O) groups excluding carboxylic acids is 2. The molecule has 2 aromatic heterocycles. The number of nitrogens with one attached hydrogen (secondary N) is 1. The van der Waals surface area contributed by atoms with Crippen LogP contribution >= 0.6 is 0 Å². The van der Waals surface area contributed by atoms with E-state index in [1.807, 2.05) is 55.5 Å². The molecule has 1 unspecified atom stereocenters. The SMILES string of the molecule is Cc1ccc(C(=O)N2CCCC(C(=O)N(C)C)(c3ccccn3)C2)cc1NCc1ccncc1. The Hall–Kier alpha value is -3.74. The Balaban J connectivity index is 1.58. The Morgan fingerprint density at radius 3 is 2.59 bits per heavy atom. The van der Waals surface area contributed by atoms with Crippen molar-refractivity contribution >= 4 is 17.5 Å². The van der Waals surface area contributed by atoms with E-state index in [0.29, 0.717) is 31.6 Å². The fraction of sp³-hybridized carbons (Fsp3) is 0.333. The molecule has 7 nitrogen and oxygen atoms in total. The molecule has 0 aliphatic carbocycles. The number of benzene rings is 1. The number of rotatable bonds is 6. The van der Waals surface area contributed by atoms with Crippen molar-refractivity contribution in [1.29, 1.82) is 0 Å². The summed E-state index contributed by atoms with van der Waals surface area (Å²) >= 11 is 0. The Labute approximate surface area is 200 Å². The second-order valence-corrected chi connectivity index (χ2v) is 9.07. The first-order chi connectivity index (χ1) is 16.4. The Morgan fingerprint density at radius 1 is 1.09 bits per heavy atom. The monoisotopic (exact) mass is 457 g/mol. The number of amides is 2. The maximum atomic E-state index is 13.6. The summed E-state index contributed by atoms with van der Waals surface area (Å²) in [6, 6.07) is 15.3. The van der Waals surface area contributed by atoms with Gasteiger partial charge < -0.3 is 15.1 Å². The molecule has 0 radical (unpaired) electrons. The number of pyridine rings is 2. The van der Waals surface area contributed by atoms with Gasteiger partial charge in [-0.15, -0.1) is 0 Å². The average molecular weight is 458 g/mol. The molecule has 0 bridgehead atoms. The van der Waals surface area contributed by atoms with E-state index in [2.05, 4.69) is 15.3 Å². The van der Waals surface area contributed by atoms with Crippen LogP contribution in [0.2, 0.25) is 0 Å². The molecule has 1 aromatic carbocycles. The molecule has 3 aromatic rings. The molecule has 0 saturated carbocycles. The number of likely N-dealkylation sites (N-methyl/N-ethyl adjacent to an activating group) is 1. The molecule has 4 rings (SSSR count). The molecule has 1 atom stereocenters. The Morgan fingerprint density at radius 2 is 1.88 bits per heavy atom. The molecule has 7 heteroatoms. The minimum absolute atomic E-state index is 0.0210. The van der Waals surface area contributed by atoms with Gasteiger partial charge in [-0.3, -0.25) is 19.6 Å². The summed E-state index contributed by atoms with van der Waals surface area (Å²) in [6.45, 7) is 3.59. The van der Waals surface area contributed by atoms with Gasteiger partial charge in [-0.25, -0.2) is 0 Å². The van der Waals surface area contributed by atoms with Crippen molar-refractivity contribution in [2.24, 2.45) is 0 Å². The number of hydrogen-bond acceptors (Lipinski definition) is 5. The van der Waals surface area contributed by atoms with Crippen LogP contribution in [0, 0.1) is 6.92 Å². The minimum atomic E-state index is -0.841. The van der Waals surface area contributed by atoms with Crippen molar-refractivity contribution in [2.45, 2.75) is 31.7 Å². The zero-order chi connectivity index (χ0) is 24.1. The van der Waals surface area contributed by atoms with Crippen LogP contribution in [-0.4, -0.2) is 58.8 Å². The normalized spacial score (nSPS) is 17.8. The summed E-state index contributed by atoms with van der Waals surface area (Å²) < 4.78 is 0. The Bertz CT molecular complexity index is 1150. The number of piperidine rings is 1. The van der Waals surface area contributed by atoms with Crippen LogP contribution in [0.25, 0.3) is 0 Å². The summed E-state index contributed by atoms with van der Waals surface area (Å²) in [4.78, 5) is 39.0. The Kier molecular flexibility index (Phi) is 6.91. The van der Waals surface area contributed by atoms with Gasteiger partial charge in [0.05, 0.1) is 5.69 Å². The van der Waals surface area contributed by atoms with Crippen LogP contribution in [0.15, 0.2) is 67.1 Å². The molecule has 2 amide bonds. The molecular formula is C27H31N5O2. The molecule has 3 heterocycles. The fourth-order valence-corrected chi connectivity index (χ4v) is 4.62. The standard InChI is InChI=1S/C27H31N5O2/c1-20-8-9-22(17-23(20)30-18-21-10-14-28-15-11-21)25(33)32-16-6-12-27(19-32,26(34)31(2)3)24-7-4-5-13-29-24/h4-5,7-11,13-15,17,30H,6,12,16,18-19H2,1-3H3. The highest BCUT2D eigenvalue weighted by atomic mass is 16.2. The van der Waals surface area contributed by atoms with Crippen LogP contribution in [0.4, 0.5) is 5.69 Å². The number of aromatic nitrogens is 2. The number of hydrogen-bond donors (Lipinski definition) is 1. The lowest BCUT2D eigenvalue weighted by Gasteiger charge is -2.42. The van der Waals surface area contributed by atoms with E-state index in [-0.39, 0.29) is 11.8 Å². The molecular weight excluding hydrogens is 426 g/mol. The second kappa shape index (κ2) is 10.0. The third kappa shape index (κ3) is 4.78. The topological polar surface area (TPSA) is 78.4 Å². The van der Waals surface area contributed by atoms with Crippen LogP contribution in [0.5, 0.6) is 0 Å². The predicted octanol–water partition coefficient (Wildman–Crippen LogP) is 3.66. The quantitative estimate of drug-likeness (QED) is 0.611. The zero-order valence-electron chi connectivity index (χ0n) is 20.0. The van der Waals surface area contributed by atoms with Crippen molar-refractivity contribution in [3.05, 3.63) is 89.5 Å². The third-order valence-electron chi connectivity index (χ3n) is 6.47. The van der Waals surface area contributed by atoms with Gasteiger partial charge in [0.25, 0.3) is 5.91 Å². The smallest absolute Gasteiger partial charge is 0.253 e. The van der Waals surface area contributed by atoms with Crippen LogP contribution in [0.1, 0.15) is 40.0 Å². The predicted molar refractivity (Wildman–Crippen MR) is 132 cm³/mol. The summed E-state index contributed by atoms with van der Waals surface area (Å²) in [6.07, 6.45) is 6.64. The highest BCUT2D eigenvalue weighted by Gasteiger charge is 2.46. The van der Waals surface area contributed by atoms with Crippen LogP contribution < -0.4 is 5.32 Å². The number of likely N-dealkylation sites (tertiary alicyclic amines) is 1. The van der Waals surface area contributed by atoms with E-state index in [4.69, 9.17) is 0 Å². The molecule has 1 aliphatic heterocycles. The van der Waals surface area contributed by atoms with E-state index >= 15 is 0 Å². The van der Waals surface area contributed by atoms with Crippen LogP contribution in [-0.2, 0) is 16.8 Å². The summed E-state index contributed by atoms with van der Waals surface area (Å²) in [5.41, 5.74) is 3.58. The maximum absolute atomic E-state index is 13.6. The van der Waals surface area contributed by atoms with E-state index in [1.165, 1.54) is 0 Å². The largest absolute Gasteiger partial charge is 0.381 e. The molecule has 1 N–H and O–H groups in total. The van der Waals surface area contributed by atoms with Crippen LogP contribution in [0.3, 0.4) is 0 Å². The van der Waals surface area contributed by atoms with Gasteiger partial charge in [0.1, 0.15) is 5.41 Å². The lowest BCUT2D eigenvalue weighted by Crippen LogP contribution is -2.56. The molecule has 0 spiro atoms. The minimum Gasteiger partial charge on any atom is -0.381 e. The van der Waals surface area contributed by atoms with Gasteiger partial charge in [0.15, 0.2) is 0 Å². The maximum Gasteiger partial charge on any atom is 0.253 e. The van der Waals surface area contributed by atoms with E-state index in [1.54, 1.807) is 42.5 Å². The fourth-order valence-electron chi connectivity index (χ4n) is 4.62. The molecule has 176 valence electrons. The number of aryl methyl sites for hydroxylation is 1. The van der Waals surface area contributed by atoms with Gasteiger partial charge in [0.2, 0.25) is 5.91 Å². The highest BCUT2D eigenvalue weighted by Crippen LogP contribution is 2.35. The van der Waals surface area contributed by atoms with Crippen molar-refractivity contribution < 1.29 is 9.59 Å². The zero-order valence-corrected chi connectivity index (χ0v) is 20.0. The molecule has 1 aliphatic rings. The summed E-state index contributed by atoms with van der Waals surface area (Å²) in [5, 5.41) is 3.43. The van der Waals surface area contributed by atoms with Crippen molar-refractivity contribution in [3.8, 4) is 0 Å². The van der Waals surface area contributed by atoms with E-state index < -0.39 is 5.41 Å². The summed E-state index contributed by atoms with van der Waals surface area (Å²) in [7, 11) is 3.52. The molecule has 1 saturated heterocycles. The first-order valence-corrected chi connectivity index (χ1v) is 11.6. The van der Waals surface area contributed by atoms with Crippen molar-refractivity contribution in [2.75, 3.05) is 32.5 Å². The van der Waals surface area contributed by atoms with Crippen molar-refractivity contribution in [1.82, 2.24) is 19.8 Å². The van der Waals surface area contributed by atoms with E-state index in [9.17, 15) is 9.59 Å². The second-order valence-electron chi connectivity index (χ2n) is 9.07. The lowest BCUT2D eigenvalue weighted by molar-refractivity contribution is -0.136. The third-order valence-corrected chi connectivity index (χ3v) is 6.47. The molecule has 1 fully saturated rings. The van der Waals surface area contributed by atoms with Gasteiger partial charge >= 0.3 is 0 Å². The van der Waals surface area contributed by atoms with Gasteiger partial charge in [0, 0.05) is 63.6 Å². The van der Waals surface area contributed by atoms with E-state index in [0.717, 1.165) is 28.9 Å². The van der Waals surface area contributed by atoms with Crippen molar-refractivity contribution in [3.63, 3.8) is 0 Å². The van der Waals surface area contributed by atoms with Gasteiger partial charge in [-0.05, 0) is 67.3 Å². The average Bonchev–Trinajstić information content (AvgIpc) is 2.88. The number of anilines is 1. The first-order valence-electron chi connectivity index (χ1n) is 11.6. The highest BCUT2D eigenvalue weighted by molar-refractivity contribution is 5.96. The van der Waals surface area contributed by atoms with Gasteiger partial charge in [-0.1, -0.05) is 12.1 Å². The summed E-state index contributed by atoms with van der Waals surface area (Å²) in [5.74, 6) is -0.0918. The number of carbonyl (C=O) groups is 2. The lowest BCUT2D eigenvalue weighted by atomic mass is 9.75. The molecule has 34 heavy (non-hydrogen) atoms.